The molecule has 0 aliphatic heterocycles. The average Bonchev–Trinajstić information content (AvgIpc) is 3.11. The molecule has 1 aromatic carbocycles. The van der Waals surface area contributed by atoms with E-state index < -0.39 is 0 Å². The molecule has 3 aromatic rings. The summed E-state index contributed by atoms with van der Waals surface area (Å²) < 4.78 is 1.04. The zero-order chi connectivity index (χ0) is 17.2. The highest BCUT2D eigenvalue weighted by molar-refractivity contribution is 9.10. The van der Waals surface area contributed by atoms with E-state index in [1.807, 2.05) is 34.5 Å². The van der Waals surface area contributed by atoms with E-state index in [0.717, 1.165) is 40.1 Å². The first-order valence-corrected chi connectivity index (χ1v) is 10.8. The maximum Gasteiger partial charge on any atom is 0.229 e. The Morgan fingerprint density at radius 3 is 2.84 bits per heavy atom. The van der Waals surface area contributed by atoms with E-state index in [-0.39, 0.29) is 5.91 Å². The summed E-state index contributed by atoms with van der Waals surface area (Å²) in [4.78, 5) is 20.8. The van der Waals surface area contributed by atoms with E-state index in [2.05, 4.69) is 38.4 Å². The largest absolute Gasteiger partial charge is 0.334 e. The Morgan fingerprint density at radius 1 is 1.24 bits per heavy atom. The number of hydrogen-bond donors (Lipinski definition) is 0. The second-order valence-corrected chi connectivity index (χ2v) is 8.97. The number of carbonyl (C=O) groups excluding carboxylic acids is 1. The third-order valence-electron chi connectivity index (χ3n) is 4.17. The SMILES string of the molecule is O=C(Cc1csc(-c2cccc(Br)c2)n1)N(Cc1cccs1)C1CC1. The van der Waals surface area contributed by atoms with Crippen LogP contribution < -0.4 is 0 Å². The Morgan fingerprint density at radius 2 is 2.12 bits per heavy atom. The van der Waals surface area contributed by atoms with Crippen LogP contribution in [-0.4, -0.2) is 21.8 Å². The van der Waals surface area contributed by atoms with Crippen molar-refractivity contribution in [3.8, 4) is 10.6 Å². The number of thiazole rings is 1. The molecule has 2 heterocycles. The number of halogens is 1. The van der Waals surface area contributed by atoms with Gasteiger partial charge in [-0.1, -0.05) is 34.1 Å². The lowest BCUT2D eigenvalue weighted by Crippen LogP contribution is -2.33. The van der Waals surface area contributed by atoms with Gasteiger partial charge in [0.25, 0.3) is 0 Å². The number of amides is 1. The van der Waals surface area contributed by atoms with Crippen molar-refractivity contribution < 1.29 is 4.79 Å². The van der Waals surface area contributed by atoms with Gasteiger partial charge in [0.05, 0.1) is 18.7 Å². The number of hydrogen-bond acceptors (Lipinski definition) is 4. The maximum absolute atomic E-state index is 12.8. The van der Waals surface area contributed by atoms with Crippen LogP contribution in [0.3, 0.4) is 0 Å². The lowest BCUT2D eigenvalue weighted by atomic mass is 10.2. The molecule has 1 fully saturated rings. The van der Waals surface area contributed by atoms with Crippen LogP contribution in [0.2, 0.25) is 0 Å². The van der Waals surface area contributed by atoms with Crippen LogP contribution in [0, 0.1) is 0 Å². The summed E-state index contributed by atoms with van der Waals surface area (Å²) >= 11 is 6.80. The van der Waals surface area contributed by atoms with Gasteiger partial charge >= 0.3 is 0 Å². The Labute approximate surface area is 163 Å². The molecule has 4 rings (SSSR count). The summed E-state index contributed by atoms with van der Waals surface area (Å²) in [5, 5.41) is 5.03. The van der Waals surface area contributed by atoms with Gasteiger partial charge in [-0.25, -0.2) is 4.98 Å². The fourth-order valence-corrected chi connectivity index (χ4v) is 4.69. The first-order valence-electron chi connectivity index (χ1n) is 8.21. The lowest BCUT2D eigenvalue weighted by molar-refractivity contribution is -0.131. The Bertz CT molecular complexity index is 871. The van der Waals surface area contributed by atoms with Crippen molar-refractivity contribution in [3.63, 3.8) is 0 Å². The summed E-state index contributed by atoms with van der Waals surface area (Å²) in [7, 11) is 0. The van der Waals surface area contributed by atoms with Crippen LogP contribution >= 0.6 is 38.6 Å². The number of nitrogens with zero attached hydrogens (tertiary/aromatic N) is 2. The van der Waals surface area contributed by atoms with Crippen molar-refractivity contribution in [2.75, 3.05) is 0 Å². The lowest BCUT2D eigenvalue weighted by Gasteiger charge is -2.21. The van der Waals surface area contributed by atoms with Gasteiger partial charge in [0.15, 0.2) is 0 Å². The van der Waals surface area contributed by atoms with Gasteiger partial charge in [-0.3, -0.25) is 4.79 Å². The fourth-order valence-electron chi connectivity index (χ4n) is 2.78. The minimum Gasteiger partial charge on any atom is -0.334 e. The summed E-state index contributed by atoms with van der Waals surface area (Å²) in [5.41, 5.74) is 1.94. The van der Waals surface area contributed by atoms with Crippen molar-refractivity contribution >= 4 is 44.5 Å². The molecule has 1 aliphatic carbocycles. The molecule has 6 heteroatoms. The quantitative estimate of drug-likeness (QED) is 0.524. The maximum atomic E-state index is 12.8. The fraction of sp³-hybridized carbons (Fsp3) is 0.263. The van der Waals surface area contributed by atoms with Gasteiger partial charge in [0.1, 0.15) is 5.01 Å². The molecule has 1 aliphatic rings. The summed E-state index contributed by atoms with van der Waals surface area (Å²) in [6.07, 6.45) is 2.63. The third-order valence-corrected chi connectivity index (χ3v) is 6.46. The summed E-state index contributed by atoms with van der Waals surface area (Å²) in [6.45, 7) is 0.726. The summed E-state index contributed by atoms with van der Waals surface area (Å²) in [5.74, 6) is 0.182. The highest BCUT2D eigenvalue weighted by Crippen LogP contribution is 2.31. The Kier molecular flexibility index (Phi) is 5.01. The molecule has 0 atom stereocenters. The number of rotatable bonds is 6. The van der Waals surface area contributed by atoms with Gasteiger partial charge in [-0.2, -0.15) is 0 Å². The molecular weight excluding hydrogens is 416 g/mol. The van der Waals surface area contributed by atoms with Crippen molar-refractivity contribution in [2.24, 2.45) is 0 Å². The minimum absolute atomic E-state index is 0.182. The predicted molar refractivity (Wildman–Crippen MR) is 107 cm³/mol. The zero-order valence-corrected chi connectivity index (χ0v) is 16.7. The molecule has 25 heavy (non-hydrogen) atoms. The highest BCUT2D eigenvalue weighted by Gasteiger charge is 2.32. The van der Waals surface area contributed by atoms with Gasteiger partial charge < -0.3 is 4.90 Å². The smallest absolute Gasteiger partial charge is 0.229 e. The van der Waals surface area contributed by atoms with E-state index >= 15 is 0 Å². The van der Waals surface area contributed by atoms with Crippen LogP contribution in [0.1, 0.15) is 23.4 Å². The van der Waals surface area contributed by atoms with Crippen molar-refractivity contribution in [1.29, 1.82) is 0 Å². The van der Waals surface area contributed by atoms with Crippen LogP contribution in [0.15, 0.2) is 51.6 Å². The molecule has 0 spiro atoms. The van der Waals surface area contributed by atoms with Crippen LogP contribution in [0.4, 0.5) is 0 Å². The second-order valence-electron chi connectivity index (χ2n) is 6.16. The first kappa shape index (κ1) is 16.9. The van der Waals surface area contributed by atoms with E-state index in [1.165, 1.54) is 4.88 Å². The molecule has 0 radical (unpaired) electrons. The van der Waals surface area contributed by atoms with E-state index in [0.29, 0.717) is 12.5 Å². The molecule has 0 unspecified atom stereocenters. The Balaban J connectivity index is 1.46. The van der Waals surface area contributed by atoms with Crippen LogP contribution in [-0.2, 0) is 17.8 Å². The van der Waals surface area contributed by atoms with Gasteiger partial charge in [-0.05, 0) is 36.4 Å². The third kappa shape index (κ3) is 4.19. The highest BCUT2D eigenvalue weighted by atomic mass is 79.9. The normalized spacial score (nSPS) is 13.8. The molecule has 0 N–H and O–H groups in total. The molecule has 1 amide bonds. The van der Waals surface area contributed by atoms with Gasteiger partial charge in [-0.15, -0.1) is 22.7 Å². The monoisotopic (exact) mass is 432 g/mol. The molecule has 3 nitrogen and oxygen atoms in total. The molecule has 2 aromatic heterocycles. The van der Waals surface area contributed by atoms with Gasteiger partial charge in [0.2, 0.25) is 5.91 Å². The standard InChI is InChI=1S/C19H17BrN2OS2/c20-14-4-1-3-13(9-14)19-21-15(12-25-19)10-18(23)22(16-6-7-16)11-17-5-2-8-24-17/h1-5,8-9,12,16H,6-7,10-11H2. The van der Waals surface area contributed by atoms with Crippen molar-refractivity contribution in [2.45, 2.75) is 31.8 Å². The molecule has 1 saturated carbocycles. The topological polar surface area (TPSA) is 33.2 Å². The van der Waals surface area contributed by atoms with Crippen molar-refractivity contribution in [3.05, 3.63) is 62.2 Å². The number of benzene rings is 1. The Hall–Kier alpha value is -1.50. The predicted octanol–water partition coefficient (Wildman–Crippen LogP) is 5.37. The first-order chi connectivity index (χ1) is 12.2. The van der Waals surface area contributed by atoms with E-state index in [4.69, 9.17) is 0 Å². The average molecular weight is 433 g/mol. The number of thiophene rings is 1. The van der Waals surface area contributed by atoms with E-state index in [9.17, 15) is 4.79 Å². The number of carbonyl (C=O) groups is 1. The minimum atomic E-state index is 0.182. The zero-order valence-electron chi connectivity index (χ0n) is 13.5. The summed E-state index contributed by atoms with van der Waals surface area (Å²) in [6, 6.07) is 12.7. The van der Waals surface area contributed by atoms with Crippen LogP contribution in [0.5, 0.6) is 0 Å². The van der Waals surface area contributed by atoms with Crippen LogP contribution in [0.25, 0.3) is 10.6 Å². The number of aromatic nitrogens is 1. The molecule has 0 saturated heterocycles. The van der Waals surface area contributed by atoms with E-state index in [1.54, 1.807) is 22.7 Å². The van der Waals surface area contributed by atoms with Gasteiger partial charge in [0, 0.05) is 26.3 Å². The molecule has 0 bridgehead atoms. The molecule has 128 valence electrons. The second kappa shape index (κ2) is 7.40. The van der Waals surface area contributed by atoms with Crippen molar-refractivity contribution in [1.82, 2.24) is 9.88 Å². The molecular formula is C19H17BrN2OS2.